The maximum atomic E-state index is 12.7. The largest absolute Gasteiger partial charge is 0.493 e. The number of hydrogen-bond donors (Lipinski definition) is 1. The molecule has 0 fully saturated rings. The van der Waals surface area contributed by atoms with Crippen LogP contribution in [0.15, 0.2) is 60.7 Å². The highest BCUT2D eigenvalue weighted by molar-refractivity contribution is 6.08. The van der Waals surface area contributed by atoms with Crippen LogP contribution in [0.2, 0.25) is 0 Å². The van der Waals surface area contributed by atoms with Crippen molar-refractivity contribution in [1.82, 2.24) is 9.88 Å². The van der Waals surface area contributed by atoms with E-state index in [0.29, 0.717) is 22.7 Å². The lowest BCUT2D eigenvalue weighted by Gasteiger charge is -2.10. The maximum absolute atomic E-state index is 12.7. The van der Waals surface area contributed by atoms with E-state index in [1.165, 1.54) is 7.11 Å². The number of para-hydroxylation sites is 2. The van der Waals surface area contributed by atoms with Gasteiger partial charge >= 0.3 is 5.97 Å². The average Bonchev–Trinajstić information content (AvgIpc) is 3.12. The molecular formula is C24H24N2O5. The summed E-state index contributed by atoms with van der Waals surface area (Å²) in [6.07, 6.45) is 0.0274. The number of carbonyl (C=O) groups is 3. The molecule has 0 bridgehead atoms. The summed E-state index contributed by atoms with van der Waals surface area (Å²) in [6.45, 7) is 1.68. The van der Waals surface area contributed by atoms with Gasteiger partial charge in [0.1, 0.15) is 6.54 Å². The van der Waals surface area contributed by atoms with Crippen molar-refractivity contribution in [2.75, 3.05) is 13.7 Å². The summed E-state index contributed by atoms with van der Waals surface area (Å²) in [6, 6.07) is 17.5. The molecule has 0 saturated heterocycles. The number of carbonyl (C=O) groups excluding carboxylic acids is 3. The fraction of sp³-hybridized carbons (Fsp3) is 0.208. The van der Waals surface area contributed by atoms with Gasteiger partial charge in [0.25, 0.3) is 0 Å². The summed E-state index contributed by atoms with van der Waals surface area (Å²) >= 11 is 0. The van der Waals surface area contributed by atoms with Crippen molar-refractivity contribution in [3.8, 4) is 11.5 Å². The summed E-state index contributed by atoms with van der Waals surface area (Å²) in [5.41, 5.74) is 2.81. The van der Waals surface area contributed by atoms with Gasteiger partial charge in [0.05, 0.1) is 19.2 Å². The highest BCUT2D eigenvalue weighted by atomic mass is 16.6. The Morgan fingerprint density at radius 3 is 2.29 bits per heavy atom. The Balaban J connectivity index is 1.57. The molecule has 0 atom stereocenters. The number of ketones is 1. The Hall–Kier alpha value is -3.87. The van der Waals surface area contributed by atoms with Gasteiger partial charge in [0, 0.05) is 18.3 Å². The molecule has 0 aliphatic heterocycles. The second-order valence-corrected chi connectivity index (χ2v) is 7.04. The van der Waals surface area contributed by atoms with Gasteiger partial charge in [-0.2, -0.15) is 0 Å². The zero-order valence-corrected chi connectivity index (χ0v) is 17.7. The van der Waals surface area contributed by atoms with Gasteiger partial charge < -0.3 is 19.4 Å². The minimum atomic E-state index is -0.611. The molecule has 0 radical (unpaired) electrons. The van der Waals surface area contributed by atoms with Gasteiger partial charge in [-0.3, -0.25) is 9.59 Å². The van der Waals surface area contributed by atoms with Crippen molar-refractivity contribution < 1.29 is 23.9 Å². The molecule has 1 amide bonds. The summed E-state index contributed by atoms with van der Waals surface area (Å²) in [5.74, 6) is -0.371. The zero-order valence-electron chi connectivity index (χ0n) is 17.7. The summed E-state index contributed by atoms with van der Waals surface area (Å²) in [7, 11) is 3.21. The molecule has 2 aromatic carbocycles. The molecule has 0 spiro atoms. The van der Waals surface area contributed by atoms with Crippen molar-refractivity contribution >= 4 is 17.7 Å². The number of ether oxygens (including phenoxy) is 2. The number of aromatic nitrogens is 1. The predicted molar refractivity (Wildman–Crippen MR) is 115 cm³/mol. The molecule has 31 heavy (non-hydrogen) atoms. The van der Waals surface area contributed by atoms with E-state index in [1.54, 1.807) is 60.1 Å². The molecule has 0 unspecified atom stereocenters. The van der Waals surface area contributed by atoms with Crippen LogP contribution in [0.25, 0.3) is 0 Å². The lowest BCUT2D eigenvalue weighted by atomic mass is 10.1. The number of rotatable bonds is 8. The van der Waals surface area contributed by atoms with Gasteiger partial charge in [0.2, 0.25) is 11.7 Å². The second kappa shape index (κ2) is 9.75. The van der Waals surface area contributed by atoms with E-state index < -0.39 is 5.97 Å². The first kappa shape index (κ1) is 21.8. The Labute approximate surface area is 180 Å². The van der Waals surface area contributed by atoms with Crippen LogP contribution in [0.1, 0.15) is 27.3 Å². The van der Waals surface area contributed by atoms with E-state index in [9.17, 15) is 14.4 Å². The molecule has 160 valence electrons. The topological polar surface area (TPSA) is 86.6 Å². The Morgan fingerprint density at radius 2 is 1.61 bits per heavy atom. The number of nitrogens with zero attached hydrogens (tertiary/aromatic N) is 1. The third-order valence-corrected chi connectivity index (χ3v) is 4.84. The average molecular weight is 420 g/mol. The van der Waals surface area contributed by atoms with E-state index >= 15 is 0 Å². The standard InChI is InChI=1S/C24H24N2O5/c1-16-8-10-17(11-9-16)24(29)19-13-12-18(26(19)2)14-22(27)25-15-23(28)31-21-7-5-4-6-20(21)30-3/h4-13H,14-15H2,1-3H3,(H,25,27). The molecule has 1 N–H and O–H groups in total. The minimum absolute atomic E-state index is 0.0274. The second-order valence-electron chi connectivity index (χ2n) is 7.04. The van der Waals surface area contributed by atoms with Crippen LogP contribution in [0.4, 0.5) is 0 Å². The third kappa shape index (κ3) is 5.39. The zero-order chi connectivity index (χ0) is 22.4. The van der Waals surface area contributed by atoms with E-state index in [0.717, 1.165) is 5.56 Å². The van der Waals surface area contributed by atoms with E-state index in [-0.39, 0.29) is 30.4 Å². The van der Waals surface area contributed by atoms with E-state index in [4.69, 9.17) is 9.47 Å². The van der Waals surface area contributed by atoms with Crippen LogP contribution in [0.3, 0.4) is 0 Å². The number of hydrogen-bond acceptors (Lipinski definition) is 5. The third-order valence-electron chi connectivity index (χ3n) is 4.84. The molecular weight excluding hydrogens is 396 g/mol. The fourth-order valence-corrected chi connectivity index (χ4v) is 3.07. The van der Waals surface area contributed by atoms with Crippen molar-refractivity contribution in [1.29, 1.82) is 0 Å². The number of nitrogens with one attached hydrogen (secondary N) is 1. The number of methoxy groups -OCH3 is 1. The van der Waals surface area contributed by atoms with Crippen molar-refractivity contribution in [2.45, 2.75) is 13.3 Å². The van der Waals surface area contributed by atoms with Gasteiger partial charge in [-0.1, -0.05) is 42.0 Å². The molecule has 3 aromatic rings. The van der Waals surface area contributed by atoms with Crippen LogP contribution >= 0.6 is 0 Å². The van der Waals surface area contributed by atoms with Crippen molar-refractivity contribution in [3.63, 3.8) is 0 Å². The fourth-order valence-electron chi connectivity index (χ4n) is 3.07. The summed E-state index contributed by atoms with van der Waals surface area (Å²) in [5, 5.41) is 2.54. The smallest absolute Gasteiger partial charge is 0.330 e. The highest BCUT2D eigenvalue weighted by Crippen LogP contribution is 2.25. The molecule has 3 rings (SSSR count). The summed E-state index contributed by atoms with van der Waals surface area (Å²) in [4.78, 5) is 37.1. The van der Waals surface area contributed by atoms with Crippen LogP contribution in [0, 0.1) is 6.92 Å². The van der Waals surface area contributed by atoms with E-state index in [2.05, 4.69) is 5.32 Å². The number of aryl methyl sites for hydroxylation is 1. The molecule has 0 aliphatic rings. The predicted octanol–water partition coefficient (Wildman–Crippen LogP) is 2.84. The quantitative estimate of drug-likeness (QED) is 0.344. The SMILES string of the molecule is COc1ccccc1OC(=O)CNC(=O)Cc1ccc(C(=O)c2ccc(C)cc2)n1C. The van der Waals surface area contributed by atoms with Gasteiger partial charge in [-0.05, 0) is 31.2 Å². The van der Waals surface area contributed by atoms with Crippen molar-refractivity contribution in [3.05, 3.63) is 83.2 Å². The van der Waals surface area contributed by atoms with Gasteiger partial charge in [-0.15, -0.1) is 0 Å². The Kier molecular flexibility index (Phi) is 6.87. The summed E-state index contributed by atoms with van der Waals surface area (Å²) < 4.78 is 12.0. The number of amides is 1. The number of esters is 1. The lowest BCUT2D eigenvalue weighted by Crippen LogP contribution is -2.33. The minimum Gasteiger partial charge on any atom is -0.493 e. The Bertz CT molecular complexity index is 1100. The first-order valence-electron chi connectivity index (χ1n) is 9.75. The van der Waals surface area contributed by atoms with Gasteiger partial charge in [0.15, 0.2) is 11.5 Å². The van der Waals surface area contributed by atoms with Crippen LogP contribution < -0.4 is 14.8 Å². The first-order valence-corrected chi connectivity index (χ1v) is 9.75. The molecule has 1 aromatic heterocycles. The van der Waals surface area contributed by atoms with Crippen LogP contribution in [-0.2, 0) is 23.1 Å². The monoisotopic (exact) mass is 420 g/mol. The lowest BCUT2D eigenvalue weighted by molar-refractivity contribution is -0.135. The van der Waals surface area contributed by atoms with Crippen molar-refractivity contribution in [2.24, 2.45) is 7.05 Å². The Morgan fingerprint density at radius 1 is 0.935 bits per heavy atom. The number of benzene rings is 2. The van der Waals surface area contributed by atoms with Gasteiger partial charge in [-0.25, -0.2) is 4.79 Å². The molecule has 1 heterocycles. The first-order chi connectivity index (χ1) is 14.9. The highest BCUT2D eigenvalue weighted by Gasteiger charge is 2.17. The van der Waals surface area contributed by atoms with Crippen LogP contribution in [0.5, 0.6) is 11.5 Å². The molecule has 7 nitrogen and oxygen atoms in total. The molecule has 0 saturated carbocycles. The maximum Gasteiger partial charge on any atom is 0.330 e. The van der Waals surface area contributed by atoms with Crippen LogP contribution in [-0.4, -0.2) is 35.9 Å². The normalized spacial score (nSPS) is 10.4. The molecule has 7 heteroatoms. The van der Waals surface area contributed by atoms with E-state index in [1.807, 2.05) is 19.1 Å². The molecule has 0 aliphatic carbocycles.